The number of nitrogens with zero attached hydrogens (tertiary/aromatic N) is 6. The molecule has 0 aromatic carbocycles. The van der Waals surface area contributed by atoms with Crippen molar-refractivity contribution in [3.63, 3.8) is 0 Å². The second kappa shape index (κ2) is 2.97. The van der Waals surface area contributed by atoms with E-state index in [0.29, 0.717) is 0 Å². The maximum absolute atomic E-state index is 11.1. The maximum Gasteiger partial charge on any atom is 0.418 e. The van der Waals surface area contributed by atoms with Crippen molar-refractivity contribution >= 4 is 11.6 Å². The molecule has 0 aliphatic rings. The van der Waals surface area contributed by atoms with Crippen molar-refractivity contribution in [3.8, 4) is 0 Å². The highest BCUT2D eigenvalue weighted by Gasteiger charge is 2.09. The lowest BCUT2D eigenvalue weighted by molar-refractivity contribution is -0.441. The smallest absolute Gasteiger partial charge is 0.418 e. The molecule has 2 heterocycles. The number of hydrogen-bond donors (Lipinski definition) is 0. The average molecular weight is 182 g/mol. The molecule has 0 saturated carbocycles. The Hall–Kier alpha value is -2.32. The summed E-state index contributed by atoms with van der Waals surface area (Å²) in [7, 11) is 0. The molecule has 0 aliphatic carbocycles. The third kappa shape index (κ3) is 1.47. The van der Waals surface area contributed by atoms with Crippen LogP contribution in [-0.2, 0) is 0 Å². The van der Waals surface area contributed by atoms with Crippen molar-refractivity contribution in [1.29, 1.82) is 0 Å². The summed E-state index contributed by atoms with van der Waals surface area (Å²) in [5.74, 6) is -0.0407. The second-order valence-corrected chi connectivity index (χ2v) is 1.90. The van der Waals surface area contributed by atoms with Gasteiger partial charge in [-0.25, -0.2) is 4.63 Å². The fraction of sp³-hybridized carbons (Fsp3) is 0. The van der Waals surface area contributed by atoms with Gasteiger partial charge in [-0.15, -0.1) is 9.49 Å². The Morgan fingerprint density at radius 1 is 1.23 bits per heavy atom. The van der Waals surface area contributed by atoms with E-state index in [4.69, 9.17) is 0 Å². The Morgan fingerprint density at radius 2 is 2.00 bits per heavy atom. The van der Waals surface area contributed by atoms with Gasteiger partial charge in [0.1, 0.15) is 6.20 Å². The Morgan fingerprint density at radius 3 is 2.62 bits per heavy atom. The Labute approximate surface area is 70.2 Å². The maximum atomic E-state index is 11.1. The minimum absolute atomic E-state index is 0.0398. The van der Waals surface area contributed by atoms with Crippen LogP contribution in [0.4, 0.5) is 11.6 Å². The molecule has 0 bridgehead atoms. The van der Waals surface area contributed by atoms with Gasteiger partial charge in [-0.1, -0.05) is 10.3 Å². The average Bonchev–Trinajstić information content (AvgIpc) is 2.74. The molecule has 0 unspecified atom stereocenters. The van der Waals surface area contributed by atoms with Gasteiger partial charge in [0.15, 0.2) is 11.4 Å². The van der Waals surface area contributed by atoms with Gasteiger partial charge in [-0.05, 0) is 10.3 Å². The normalized spacial score (nSPS) is 11.8. The molecule has 66 valence electrons. The van der Waals surface area contributed by atoms with Gasteiger partial charge < -0.3 is 5.21 Å². The largest absolute Gasteiger partial charge is 0.690 e. The van der Waals surface area contributed by atoms with Gasteiger partial charge >= 0.3 is 5.82 Å². The van der Waals surface area contributed by atoms with E-state index < -0.39 is 0 Å². The monoisotopic (exact) mass is 182 g/mol. The van der Waals surface area contributed by atoms with Crippen LogP contribution in [0.5, 0.6) is 0 Å². The van der Waals surface area contributed by atoms with Gasteiger partial charge in [0.25, 0.3) is 5.82 Å². The highest BCUT2D eigenvalue weighted by Crippen LogP contribution is 2.10. The highest BCUT2D eigenvalue weighted by molar-refractivity contribution is 5.16. The molecule has 2 aromatic rings. The zero-order valence-electron chi connectivity index (χ0n) is 6.06. The predicted molar refractivity (Wildman–Crippen MR) is 34.0 cm³/mol. The molecule has 9 nitrogen and oxygen atoms in total. The van der Waals surface area contributed by atoms with Gasteiger partial charge in [0.2, 0.25) is 0 Å². The molecule has 0 saturated heterocycles. The lowest BCUT2D eigenvalue weighted by atomic mass is 10.8. The summed E-state index contributed by atoms with van der Waals surface area (Å²) in [4.78, 5) is 0.191. The predicted octanol–water partition coefficient (Wildman–Crippen LogP) is 0.378. The van der Waals surface area contributed by atoms with Gasteiger partial charge in [0, 0.05) is 0 Å². The van der Waals surface area contributed by atoms with Crippen LogP contribution in [0.3, 0.4) is 0 Å². The van der Waals surface area contributed by atoms with Crippen molar-refractivity contribution in [1.82, 2.24) is 20.6 Å². The van der Waals surface area contributed by atoms with E-state index in [9.17, 15) is 5.21 Å². The molecule has 0 radical (unpaired) electrons. The third-order valence-electron chi connectivity index (χ3n) is 1.09. The van der Waals surface area contributed by atoms with E-state index >= 15 is 0 Å². The summed E-state index contributed by atoms with van der Waals surface area (Å²) in [6, 6.07) is 0. The topological polar surface area (TPSA) is 116 Å². The van der Waals surface area contributed by atoms with Crippen LogP contribution < -0.4 is 0 Å². The number of azo groups is 1. The van der Waals surface area contributed by atoms with E-state index in [2.05, 4.69) is 35.0 Å². The van der Waals surface area contributed by atoms with Gasteiger partial charge in [-0.3, -0.25) is 0 Å². The van der Waals surface area contributed by atoms with Crippen molar-refractivity contribution in [2.75, 3.05) is 0 Å². The summed E-state index contributed by atoms with van der Waals surface area (Å²) >= 11 is 0. The van der Waals surface area contributed by atoms with Crippen LogP contribution in [-0.4, -0.2) is 25.5 Å². The van der Waals surface area contributed by atoms with Crippen LogP contribution in [0.2, 0.25) is 0 Å². The van der Waals surface area contributed by atoms with Crippen LogP contribution in [0.1, 0.15) is 0 Å². The molecular weight excluding hydrogens is 180 g/mol. The Kier molecular flexibility index (Phi) is 1.67. The number of aromatic nitrogens is 4. The van der Waals surface area contributed by atoms with E-state index in [0.717, 1.165) is 6.20 Å². The van der Waals surface area contributed by atoms with Crippen molar-refractivity contribution in [3.05, 3.63) is 17.6 Å². The Balaban J connectivity index is 2.27. The first-order chi connectivity index (χ1) is 6.36. The van der Waals surface area contributed by atoms with Crippen molar-refractivity contribution in [2.45, 2.75) is 0 Å². The summed E-state index contributed by atoms with van der Waals surface area (Å²) in [5, 5.41) is 27.5. The zero-order valence-corrected chi connectivity index (χ0v) is 6.06. The van der Waals surface area contributed by atoms with Crippen LogP contribution in [0.15, 0.2) is 26.8 Å². The summed E-state index contributed by atoms with van der Waals surface area (Å²) < 4.78 is 8.41. The number of hydrogen-bond acceptors (Lipinski definition) is 8. The molecule has 9 heteroatoms. The highest BCUT2D eigenvalue weighted by atomic mass is 16.6. The van der Waals surface area contributed by atoms with E-state index in [-0.39, 0.29) is 16.5 Å². The molecule has 0 N–H and O–H groups in total. The van der Waals surface area contributed by atoms with Crippen LogP contribution in [0, 0.1) is 5.21 Å². The first-order valence-corrected chi connectivity index (χ1v) is 3.10. The molecule has 0 atom stereocenters. The van der Waals surface area contributed by atoms with Crippen molar-refractivity contribution < 1.29 is 14.1 Å². The van der Waals surface area contributed by atoms with E-state index in [1.165, 1.54) is 6.20 Å². The first kappa shape index (κ1) is 7.34. The summed E-state index contributed by atoms with van der Waals surface area (Å²) in [6.07, 6.45) is 2.29. The van der Waals surface area contributed by atoms with Gasteiger partial charge in [-0.2, -0.15) is 0 Å². The lowest BCUT2D eigenvalue weighted by Crippen LogP contribution is -1.89. The molecule has 0 aliphatic heterocycles. The third-order valence-corrected chi connectivity index (χ3v) is 1.09. The molecule has 2 rings (SSSR count). The zero-order chi connectivity index (χ0) is 9.10. The number of rotatable bonds is 2. The Bertz CT molecular complexity index is 391. The fourth-order valence-corrected chi connectivity index (χ4v) is 0.592. The van der Waals surface area contributed by atoms with Crippen LogP contribution in [0.25, 0.3) is 0 Å². The molecule has 0 amide bonds. The lowest BCUT2D eigenvalue weighted by Gasteiger charge is -1.94. The molecule has 0 fully saturated rings. The minimum atomic E-state index is -0.0806. The summed E-state index contributed by atoms with van der Waals surface area (Å²) in [6.45, 7) is 0. The minimum Gasteiger partial charge on any atom is -0.690 e. The van der Waals surface area contributed by atoms with Crippen molar-refractivity contribution in [2.24, 2.45) is 5.11 Å². The SMILES string of the molecule is [O-][N+](=Nc1cnon1)c1cnon1. The molecule has 2 aromatic heterocycles. The van der Waals surface area contributed by atoms with Crippen LogP contribution >= 0.6 is 0 Å². The summed E-state index contributed by atoms with van der Waals surface area (Å²) in [5.41, 5.74) is 0. The second-order valence-electron chi connectivity index (χ2n) is 1.90. The van der Waals surface area contributed by atoms with E-state index in [1.807, 2.05) is 0 Å². The quantitative estimate of drug-likeness (QED) is 0.374. The molecular formula is C4H2N6O3. The fourth-order valence-electron chi connectivity index (χ4n) is 0.592. The first-order valence-electron chi connectivity index (χ1n) is 3.10. The standard InChI is InChI=1S/C4H2N6O3/c11-10(4-2-6-13-9-4)7-3-1-5-12-8-3/h1-2H. The van der Waals surface area contributed by atoms with E-state index in [1.54, 1.807) is 0 Å². The molecule has 13 heavy (non-hydrogen) atoms. The molecule has 0 spiro atoms. The van der Waals surface area contributed by atoms with Gasteiger partial charge in [0.05, 0.1) is 0 Å².